The summed E-state index contributed by atoms with van der Waals surface area (Å²) < 4.78 is 25.3. The number of carbonyl (C=O) groups excluding carboxylic acids is 2. The fourth-order valence-corrected chi connectivity index (χ4v) is 4.00. The van der Waals surface area contributed by atoms with Crippen LogP contribution in [0.15, 0.2) is 53.6 Å². The number of hydrogen-bond acceptors (Lipinski definition) is 5. The van der Waals surface area contributed by atoms with Crippen LogP contribution in [0.2, 0.25) is 0 Å². The van der Waals surface area contributed by atoms with Crippen molar-refractivity contribution < 1.29 is 23.5 Å². The maximum Gasteiger partial charge on any atom is 0.262 e. The smallest absolute Gasteiger partial charge is 0.262 e. The lowest BCUT2D eigenvalue weighted by Gasteiger charge is -2.29. The zero-order chi connectivity index (χ0) is 25.6. The Kier molecular flexibility index (Phi) is 8.62. The van der Waals surface area contributed by atoms with Crippen LogP contribution in [0.1, 0.15) is 50.8 Å². The average Bonchev–Trinajstić information content (AvgIpc) is 3.26. The lowest BCUT2D eigenvalue weighted by atomic mass is 9.91. The van der Waals surface area contributed by atoms with E-state index in [1.807, 2.05) is 45.0 Å². The van der Waals surface area contributed by atoms with Gasteiger partial charge in [0.1, 0.15) is 18.1 Å². The van der Waals surface area contributed by atoms with Crippen molar-refractivity contribution in [1.29, 1.82) is 0 Å². The van der Waals surface area contributed by atoms with Gasteiger partial charge in [0.05, 0.1) is 25.5 Å². The molecule has 0 N–H and O–H groups in total. The number of halogens is 1. The Labute approximate surface area is 206 Å². The molecule has 1 aliphatic heterocycles. The number of carbonyl (C=O) groups is 2. The van der Waals surface area contributed by atoms with Crippen LogP contribution in [-0.2, 0) is 14.3 Å². The molecule has 2 amide bonds. The summed E-state index contributed by atoms with van der Waals surface area (Å²) in [7, 11) is 3.13. The second kappa shape index (κ2) is 11.4. The largest absolute Gasteiger partial charge is 0.497 e. The zero-order valence-electron chi connectivity index (χ0n) is 21.1. The van der Waals surface area contributed by atoms with Gasteiger partial charge in [0.15, 0.2) is 0 Å². The fraction of sp³-hybridized carbons (Fsp3) is 0.444. The summed E-state index contributed by atoms with van der Waals surface area (Å²) in [5.74, 6) is -0.260. The van der Waals surface area contributed by atoms with Crippen molar-refractivity contribution in [3.63, 3.8) is 0 Å². The van der Waals surface area contributed by atoms with E-state index >= 15 is 0 Å². The van der Waals surface area contributed by atoms with Gasteiger partial charge in [0.2, 0.25) is 5.91 Å². The van der Waals surface area contributed by atoms with E-state index < -0.39 is 11.9 Å². The molecule has 0 radical (unpaired) electrons. The van der Waals surface area contributed by atoms with E-state index in [1.165, 1.54) is 16.0 Å². The predicted octanol–water partition coefficient (Wildman–Crippen LogP) is 4.42. The van der Waals surface area contributed by atoms with Gasteiger partial charge in [-0.2, -0.15) is 5.10 Å². The molecule has 0 saturated heterocycles. The third kappa shape index (κ3) is 6.88. The Morgan fingerprint density at radius 1 is 1.14 bits per heavy atom. The molecule has 188 valence electrons. The van der Waals surface area contributed by atoms with E-state index in [0.717, 1.165) is 5.56 Å². The summed E-state index contributed by atoms with van der Waals surface area (Å²) >= 11 is 0. The van der Waals surface area contributed by atoms with Crippen molar-refractivity contribution in [3.05, 3.63) is 65.5 Å². The molecular formula is C27H34FN3O4. The first kappa shape index (κ1) is 26.3. The highest BCUT2D eigenvalue weighted by Crippen LogP contribution is 2.35. The van der Waals surface area contributed by atoms with Gasteiger partial charge in [-0.05, 0) is 23.6 Å². The van der Waals surface area contributed by atoms with E-state index in [2.05, 4.69) is 5.10 Å². The molecule has 0 fully saturated rings. The quantitative estimate of drug-likeness (QED) is 0.529. The fourth-order valence-electron chi connectivity index (χ4n) is 4.00. The van der Waals surface area contributed by atoms with Gasteiger partial charge in [-0.1, -0.05) is 51.1 Å². The van der Waals surface area contributed by atoms with Crippen LogP contribution in [0.5, 0.6) is 5.75 Å². The first-order valence-corrected chi connectivity index (χ1v) is 11.7. The van der Waals surface area contributed by atoms with Gasteiger partial charge in [0.25, 0.3) is 5.91 Å². The second-order valence-electron chi connectivity index (χ2n) is 9.80. The Hall–Kier alpha value is -3.26. The van der Waals surface area contributed by atoms with Gasteiger partial charge >= 0.3 is 0 Å². The highest BCUT2D eigenvalue weighted by Gasteiger charge is 2.36. The van der Waals surface area contributed by atoms with E-state index in [1.54, 1.807) is 32.4 Å². The number of hydrogen-bond donors (Lipinski definition) is 0. The number of rotatable bonds is 9. The van der Waals surface area contributed by atoms with Gasteiger partial charge in [-0.25, -0.2) is 9.40 Å². The van der Waals surface area contributed by atoms with Crippen molar-refractivity contribution in [3.8, 4) is 5.75 Å². The zero-order valence-corrected chi connectivity index (χ0v) is 21.1. The maximum atomic E-state index is 14.8. The summed E-state index contributed by atoms with van der Waals surface area (Å²) in [6.45, 7) is 6.33. The van der Waals surface area contributed by atoms with Gasteiger partial charge in [-0.3, -0.25) is 9.59 Å². The van der Waals surface area contributed by atoms with Crippen LogP contribution < -0.4 is 4.74 Å². The predicted molar refractivity (Wildman–Crippen MR) is 133 cm³/mol. The van der Waals surface area contributed by atoms with Crippen LogP contribution in [-0.4, -0.2) is 61.4 Å². The molecule has 3 rings (SSSR count). The van der Waals surface area contributed by atoms with Crippen LogP contribution in [0.25, 0.3) is 0 Å². The van der Waals surface area contributed by atoms with Crippen molar-refractivity contribution in [2.45, 2.75) is 39.7 Å². The van der Waals surface area contributed by atoms with Gasteiger partial charge in [-0.15, -0.1) is 0 Å². The molecule has 1 atom stereocenters. The molecule has 0 aromatic heterocycles. The maximum absolute atomic E-state index is 14.8. The van der Waals surface area contributed by atoms with E-state index in [-0.39, 0.29) is 30.3 Å². The SMILES string of the molecule is COCCN(CC(=O)N1N=C(c2cccc(OC)c2)CC1c1ccccc1F)C(=O)CC(C)(C)C. The lowest BCUT2D eigenvalue weighted by molar-refractivity contribution is -0.143. The standard InChI is InChI=1S/C27H34FN3O4/c1-27(2,3)17-25(32)30(13-14-34-4)18-26(33)31-24(21-11-6-7-12-22(21)28)16-23(29-31)19-9-8-10-20(15-19)35-5/h6-12,15,24H,13-14,16-18H2,1-5H3. The van der Waals surface area contributed by atoms with Crippen molar-refractivity contribution in [2.75, 3.05) is 33.9 Å². The van der Waals surface area contributed by atoms with Crippen LogP contribution in [0.3, 0.4) is 0 Å². The Morgan fingerprint density at radius 2 is 1.89 bits per heavy atom. The van der Waals surface area contributed by atoms with Gasteiger partial charge in [0, 0.05) is 37.6 Å². The molecule has 0 saturated carbocycles. The molecule has 8 heteroatoms. The van der Waals surface area contributed by atoms with Crippen molar-refractivity contribution in [1.82, 2.24) is 9.91 Å². The molecule has 1 unspecified atom stereocenters. The Balaban J connectivity index is 1.92. The Bertz CT molecular complexity index is 1080. The first-order valence-electron chi connectivity index (χ1n) is 11.7. The summed E-state index contributed by atoms with van der Waals surface area (Å²) in [6.07, 6.45) is 0.632. The molecule has 1 heterocycles. The molecule has 35 heavy (non-hydrogen) atoms. The van der Waals surface area contributed by atoms with Crippen LogP contribution >= 0.6 is 0 Å². The molecular weight excluding hydrogens is 449 g/mol. The number of methoxy groups -OCH3 is 2. The second-order valence-corrected chi connectivity index (χ2v) is 9.80. The first-order chi connectivity index (χ1) is 16.6. The minimum atomic E-state index is -0.619. The molecule has 1 aliphatic rings. The van der Waals surface area contributed by atoms with Crippen molar-refractivity contribution in [2.24, 2.45) is 10.5 Å². The summed E-state index contributed by atoms with van der Waals surface area (Å²) in [5, 5.41) is 5.93. The summed E-state index contributed by atoms with van der Waals surface area (Å²) in [4.78, 5) is 28.0. The van der Waals surface area contributed by atoms with E-state index in [9.17, 15) is 14.0 Å². The third-order valence-corrected chi connectivity index (χ3v) is 5.76. The highest BCUT2D eigenvalue weighted by atomic mass is 19.1. The Morgan fingerprint density at radius 3 is 2.54 bits per heavy atom. The monoisotopic (exact) mass is 483 g/mol. The summed E-state index contributed by atoms with van der Waals surface area (Å²) in [5.41, 5.74) is 1.59. The minimum absolute atomic E-state index is 0.137. The molecule has 0 spiro atoms. The van der Waals surface area contributed by atoms with E-state index in [0.29, 0.717) is 36.5 Å². The van der Waals surface area contributed by atoms with Crippen LogP contribution in [0.4, 0.5) is 4.39 Å². The van der Waals surface area contributed by atoms with Crippen LogP contribution in [0, 0.1) is 11.2 Å². The molecule has 0 aliphatic carbocycles. The number of benzene rings is 2. The molecule has 7 nitrogen and oxygen atoms in total. The minimum Gasteiger partial charge on any atom is -0.497 e. The normalized spacial score (nSPS) is 15.7. The van der Waals surface area contributed by atoms with Crippen molar-refractivity contribution >= 4 is 17.5 Å². The number of hydrazone groups is 1. The number of amides is 2. The van der Waals surface area contributed by atoms with Gasteiger partial charge < -0.3 is 14.4 Å². The number of ether oxygens (including phenoxy) is 2. The average molecular weight is 484 g/mol. The summed E-state index contributed by atoms with van der Waals surface area (Å²) in [6, 6.07) is 13.2. The highest BCUT2D eigenvalue weighted by molar-refractivity contribution is 6.03. The number of nitrogens with zero attached hydrogens (tertiary/aromatic N) is 3. The molecule has 2 aromatic carbocycles. The lowest BCUT2D eigenvalue weighted by Crippen LogP contribution is -2.43. The van der Waals surface area contributed by atoms with E-state index in [4.69, 9.17) is 9.47 Å². The molecule has 2 aromatic rings. The molecule has 0 bridgehead atoms. The third-order valence-electron chi connectivity index (χ3n) is 5.76. The topological polar surface area (TPSA) is 71.4 Å².